The molecule has 2 heteroatoms. The molecule has 76 valence electrons. The highest BCUT2D eigenvalue weighted by atomic mass is 16.5. The average molecular weight is 192 g/mol. The van der Waals surface area contributed by atoms with Crippen molar-refractivity contribution < 1.29 is 9.94 Å². The molecule has 1 heterocycles. The van der Waals surface area contributed by atoms with Gasteiger partial charge in [0.2, 0.25) is 12.4 Å². The zero-order valence-electron chi connectivity index (χ0n) is 9.12. The van der Waals surface area contributed by atoms with Crippen LogP contribution in [-0.4, -0.2) is 5.21 Å². The van der Waals surface area contributed by atoms with Crippen molar-refractivity contribution in [2.75, 3.05) is 0 Å². The summed E-state index contributed by atoms with van der Waals surface area (Å²) < 4.78 is 1.03. The number of hydrogen-bond acceptors (Lipinski definition) is 1. The van der Waals surface area contributed by atoms with E-state index >= 15 is 0 Å². The Morgan fingerprint density at radius 3 is 2.21 bits per heavy atom. The van der Waals surface area contributed by atoms with Crippen LogP contribution in [0.5, 0.6) is 0 Å². The number of aromatic nitrogens is 1. The van der Waals surface area contributed by atoms with Gasteiger partial charge >= 0.3 is 0 Å². The van der Waals surface area contributed by atoms with E-state index in [4.69, 9.17) is 0 Å². The van der Waals surface area contributed by atoms with Crippen LogP contribution in [0.25, 0.3) is 12.2 Å². The first-order chi connectivity index (χ1) is 6.69. The minimum Gasteiger partial charge on any atom is -0.285 e. The molecule has 1 rings (SSSR count). The van der Waals surface area contributed by atoms with Crippen molar-refractivity contribution in [2.45, 2.75) is 20.8 Å². The lowest BCUT2D eigenvalue weighted by atomic mass is 10.1. The van der Waals surface area contributed by atoms with Crippen LogP contribution in [-0.2, 0) is 0 Å². The standard InChI is InChI=1S/C10H12NO.C2H6/c1-4-9-7-11(12)6-8(3)10(9)5-2;1-2/h4-7,12H,1-2H2,3H3;1-2H3/q+1;. The topological polar surface area (TPSA) is 24.1 Å². The lowest BCUT2D eigenvalue weighted by Gasteiger charge is -1.99. The lowest BCUT2D eigenvalue weighted by molar-refractivity contribution is -0.905. The molecule has 0 bridgehead atoms. The molecule has 0 amide bonds. The average Bonchev–Trinajstić information content (AvgIpc) is 2.19. The van der Waals surface area contributed by atoms with E-state index in [1.807, 2.05) is 20.8 Å². The number of nitrogens with zero attached hydrogens (tertiary/aromatic N) is 1. The molecule has 2 nitrogen and oxygen atoms in total. The molecule has 0 unspecified atom stereocenters. The zero-order chi connectivity index (χ0) is 11.1. The largest absolute Gasteiger partial charge is 0.285 e. The van der Waals surface area contributed by atoms with Crippen LogP contribution >= 0.6 is 0 Å². The summed E-state index contributed by atoms with van der Waals surface area (Å²) in [6, 6.07) is 0. The summed E-state index contributed by atoms with van der Waals surface area (Å²) in [4.78, 5) is 0. The van der Waals surface area contributed by atoms with Gasteiger partial charge in [-0.2, -0.15) is 0 Å². The second-order valence-electron chi connectivity index (χ2n) is 2.60. The highest BCUT2D eigenvalue weighted by Crippen LogP contribution is 2.13. The summed E-state index contributed by atoms with van der Waals surface area (Å²) in [6.07, 6.45) is 6.67. The Bertz CT molecular complexity index is 329. The number of hydrogen-bond donors (Lipinski definition) is 1. The zero-order valence-corrected chi connectivity index (χ0v) is 9.12. The van der Waals surface area contributed by atoms with Crippen LogP contribution in [0.3, 0.4) is 0 Å². The Hall–Kier alpha value is -1.57. The van der Waals surface area contributed by atoms with Crippen LogP contribution in [0.4, 0.5) is 0 Å². The molecule has 0 saturated carbocycles. The van der Waals surface area contributed by atoms with Crippen LogP contribution in [0.1, 0.15) is 30.5 Å². The molecule has 1 N–H and O–H groups in total. The van der Waals surface area contributed by atoms with Crippen molar-refractivity contribution in [3.05, 3.63) is 42.2 Å². The van der Waals surface area contributed by atoms with E-state index in [-0.39, 0.29) is 0 Å². The summed E-state index contributed by atoms with van der Waals surface area (Å²) in [5.41, 5.74) is 2.87. The van der Waals surface area contributed by atoms with E-state index in [0.717, 1.165) is 21.4 Å². The first kappa shape index (κ1) is 12.4. The normalized spacial score (nSPS) is 8.50. The van der Waals surface area contributed by atoms with E-state index in [0.29, 0.717) is 0 Å². The smallest absolute Gasteiger partial charge is 0.230 e. The highest BCUT2D eigenvalue weighted by molar-refractivity contribution is 5.64. The molecule has 1 aromatic heterocycles. The van der Waals surface area contributed by atoms with Gasteiger partial charge in [-0.15, -0.1) is 0 Å². The highest BCUT2D eigenvalue weighted by Gasteiger charge is 2.07. The minimum atomic E-state index is 0.882. The summed E-state index contributed by atoms with van der Waals surface area (Å²) >= 11 is 0. The second kappa shape index (κ2) is 5.97. The Labute approximate surface area is 85.8 Å². The van der Waals surface area contributed by atoms with Gasteiger partial charge in [-0.3, -0.25) is 5.21 Å². The fourth-order valence-electron chi connectivity index (χ4n) is 1.19. The van der Waals surface area contributed by atoms with Gasteiger partial charge in [0.1, 0.15) is 0 Å². The maximum absolute atomic E-state index is 9.18. The quantitative estimate of drug-likeness (QED) is 0.565. The van der Waals surface area contributed by atoms with E-state index in [1.165, 1.54) is 0 Å². The molecule has 1 aromatic rings. The molecule has 0 atom stereocenters. The maximum atomic E-state index is 9.18. The molecule has 0 aromatic carbocycles. The van der Waals surface area contributed by atoms with Crippen molar-refractivity contribution in [3.8, 4) is 0 Å². The molecule has 0 aliphatic heterocycles. The molecule has 0 radical (unpaired) electrons. The predicted octanol–water partition coefficient (Wildman–Crippen LogP) is 2.83. The van der Waals surface area contributed by atoms with Crippen LogP contribution in [0.15, 0.2) is 25.6 Å². The third-order valence-corrected chi connectivity index (χ3v) is 1.76. The third-order valence-electron chi connectivity index (χ3n) is 1.76. The predicted molar refractivity (Wildman–Crippen MR) is 60.1 cm³/mol. The van der Waals surface area contributed by atoms with Crippen molar-refractivity contribution in [1.82, 2.24) is 0 Å². The van der Waals surface area contributed by atoms with E-state index in [2.05, 4.69) is 13.2 Å². The van der Waals surface area contributed by atoms with Crippen LogP contribution in [0.2, 0.25) is 0 Å². The Balaban J connectivity index is 0.000000791. The fourth-order valence-corrected chi connectivity index (χ4v) is 1.19. The summed E-state index contributed by atoms with van der Waals surface area (Å²) in [5, 5.41) is 9.18. The fraction of sp³-hybridized carbons (Fsp3) is 0.250. The molecule has 0 aliphatic carbocycles. The Morgan fingerprint density at radius 1 is 1.21 bits per heavy atom. The van der Waals surface area contributed by atoms with Gasteiger partial charge in [-0.1, -0.05) is 39.2 Å². The first-order valence-corrected chi connectivity index (χ1v) is 4.69. The van der Waals surface area contributed by atoms with E-state index < -0.39 is 0 Å². The van der Waals surface area contributed by atoms with E-state index in [9.17, 15) is 5.21 Å². The molecule has 0 saturated heterocycles. The van der Waals surface area contributed by atoms with Gasteiger partial charge < -0.3 is 0 Å². The Kier molecular flexibility index (Phi) is 5.30. The molecular weight excluding hydrogens is 174 g/mol. The molecule has 0 fully saturated rings. The monoisotopic (exact) mass is 192 g/mol. The van der Waals surface area contributed by atoms with Crippen molar-refractivity contribution in [1.29, 1.82) is 0 Å². The van der Waals surface area contributed by atoms with Crippen LogP contribution in [0, 0.1) is 6.92 Å². The SMILES string of the molecule is C=Cc1c[n+](O)cc(C)c1C=C.CC. The van der Waals surface area contributed by atoms with Gasteiger partial charge in [-0.25, -0.2) is 0 Å². The molecule has 0 aliphatic rings. The van der Waals surface area contributed by atoms with Crippen molar-refractivity contribution in [3.63, 3.8) is 0 Å². The van der Waals surface area contributed by atoms with Gasteiger partial charge in [0.25, 0.3) is 0 Å². The molecular formula is C12H18NO+. The van der Waals surface area contributed by atoms with Crippen molar-refractivity contribution in [2.24, 2.45) is 0 Å². The van der Waals surface area contributed by atoms with Gasteiger partial charge in [-0.05, 0) is 12.5 Å². The third kappa shape index (κ3) is 2.73. The van der Waals surface area contributed by atoms with Crippen molar-refractivity contribution >= 4 is 12.2 Å². The minimum absolute atomic E-state index is 0.882. The first-order valence-electron chi connectivity index (χ1n) is 4.69. The number of aryl methyl sites for hydroxylation is 1. The molecule has 14 heavy (non-hydrogen) atoms. The Morgan fingerprint density at radius 2 is 1.79 bits per heavy atom. The number of rotatable bonds is 2. The summed E-state index contributed by atoms with van der Waals surface area (Å²) in [5.74, 6) is 0. The van der Waals surface area contributed by atoms with Gasteiger partial charge in [0, 0.05) is 10.3 Å². The van der Waals surface area contributed by atoms with Gasteiger partial charge in [0.15, 0.2) is 0 Å². The second-order valence-corrected chi connectivity index (χ2v) is 2.60. The van der Waals surface area contributed by atoms with E-state index in [1.54, 1.807) is 24.5 Å². The van der Waals surface area contributed by atoms with Gasteiger partial charge in [0.05, 0.1) is 5.56 Å². The summed E-state index contributed by atoms with van der Waals surface area (Å²) in [6.45, 7) is 13.3. The summed E-state index contributed by atoms with van der Waals surface area (Å²) in [7, 11) is 0. The number of pyridine rings is 1. The maximum Gasteiger partial charge on any atom is 0.230 e. The van der Waals surface area contributed by atoms with Crippen LogP contribution < -0.4 is 4.73 Å². The molecule has 0 spiro atoms. The lowest BCUT2D eigenvalue weighted by Crippen LogP contribution is -2.30.